The minimum Gasteiger partial charge on any atom is -0.0773 e. The fourth-order valence-electron chi connectivity index (χ4n) is 1.53. The molecule has 0 bridgehead atoms. The van der Waals surface area contributed by atoms with E-state index < -0.39 is 0 Å². The Hall–Kier alpha value is -0.520. The summed E-state index contributed by atoms with van der Waals surface area (Å²) >= 11 is 0. The maximum absolute atomic E-state index is 2.30. The van der Waals surface area contributed by atoms with Gasteiger partial charge in [-0.15, -0.1) is 0 Å². The van der Waals surface area contributed by atoms with Crippen LogP contribution in [0, 0.1) is 11.8 Å². The van der Waals surface area contributed by atoms with E-state index in [9.17, 15) is 0 Å². The Kier molecular flexibility index (Phi) is 2.31. The second-order valence-corrected chi connectivity index (χ2v) is 3.22. The normalized spacial score (nSPS) is 24.0. The maximum atomic E-state index is 2.30. The summed E-state index contributed by atoms with van der Waals surface area (Å²) in [6.45, 7) is 6.78. The van der Waals surface area contributed by atoms with Crippen molar-refractivity contribution in [2.24, 2.45) is 11.8 Å². The van der Waals surface area contributed by atoms with E-state index >= 15 is 0 Å². The molecular formula is C10H16. The molecule has 0 heteroatoms. The zero-order valence-electron chi connectivity index (χ0n) is 7.09. The first kappa shape index (κ1) is 7.59. The van der Waals surface area contributed by atoms with Gasteiger partial charge in [0.2, 0.25) is 0 Å². The molecule has 0 heterocycles. The summed E-state index contributed by atoms with van der Waals surface area (Å²) in [4.78, 5) is 0. The molecule has 0 nitrogen and oxygen atoms in total. The summed E-state index contributed by atoms with van der Waals surface area (Å²) in [6.07, 6.45) is 8.00. The highest BCUT2D eigenvalue weighted by molar-refractivity contribution is 5.28. The first-order valence-electron chi connectivity index (χ1n) is 4.14. The van der Waals surface area contributed by atoms with Crippen molar-refractivity contribution in [3.05, 3.63) is 23.8 Å². The predicted octanol–water partition coefficient (Wildman–Crippen LogP) is 3.16. The van der Waals surface area contributed by atoms with Crippen LogP contribution in [0.2, 0.25) is 0 Å². The second-order valence-electron chi connectivity index (χ2n) is 3.22. The molecule has 1 rings (SSSR count). The molecule has 56 valence electrons. The van der Waals surface area contributed by atoms with Crippen molar-refractivity contribution in [1.29, 1.82) is 0 Å². The molecule has 10 heavy (non-hydrogen) atoms. The topological polar surface area (TPSA) is 0 Å². The highest BCUT2D eigenvalue weighted by Gasteiger charge is 2.14. The van der Waals surface area contributed by atoms with Gasteiger partial charge in [-0.1, -0.05) is 44.6 Å². The van der Waals surface area contributed by atoms with Crippen LogP contribution >= 0.6 is 0 Å². The summed E-state index contributed by atoms with van der Waals surface area (Å²) < 4.78 is 0. The molecule has 0 radical (unpaired) electrons. The maximum Gasteiger partial charge on any atom is -0.00171 e. The summed E-state index contributed by atoms with van der Waals surface area (Å²) in [5.41, 5.74) is 1.60. The molecule has 0 aliphatic heterocycles. The third-order valence-corrected chi connectivity index (χ3v) is 2.17. The molecule has 0 saturated heterocycles. The van der Waals surface area contributed by atoms with Crippen LogP contribution in [0.15, 0.2) is 23.8 Å². The van der Waals surface area contributed by atoms with Crippen LogP contribution in [0.1, 0.15) is 27.2 Å². The number of rotatable bonds is 2. The lowest BCUT2D eigenvalue weighted by Crippen LogP contribution is -2.02. The SMILES string of the molecule is CCC1C=CC=C1C(C)C. The van der Waals surface area contributed by atoms with Gasteiger partial charge in [-0.3, -0.25) is 0 Å². The van der Waals surface area contributed by atoms with Crippen LogP contribution in [0.4, 0.5) is 0 Å². The molecule has 0 amide bonds. The van der Waals surface area contributed by atoms with Crippen LogP contribution in [-0.2, 0) is 0 Å². The van der Waals surface area contributed by atoms with Gasteiger partial charge >= 0.3 is 0 Å². The first-order valence-corrected chi connectivity index (χ1v) is 4.14. The molecule has 1 aliphatic carbocycles. The third-order valence-electron chi connectivity index (χ3n) is 2.17. The summed E-state index contributed by atoms with van der Waals surface area (Å²) in [7, 11) is 0. The summed E-state index contributed by atoms with van der Waals surface area (Å²) in [5, 5.41) is 0. The highest BCUT2D eigenvalue weighted by atomic mass is 14.2. The average molecular weight is 136 g/mol. The van der Waals surface area contributed by atoms with Crippen LogP contribution in [-0.4, -0.2) is 0 Å². The van der Waals surface area contributed by atoms with Gasteiger partial charge in [0.15, 0.2) is 0 Å². The summed E-state index contributed by atoms with van der Waals surface area (Å²) in [5.74, 6) is 1.46. The molecule has 0 aromatic carbocycles. The van der Waals surface area contributed by atoms with Crippen LogP contribution in [0.25, 0.3) is 0 Å². The van der Waals surface area contributed by atoms with Crippen molar-refractivity contribution in [1.82, 2.24) is 0 Å². The Morgan fingerprint density at radius 3 is 2.60 bits per heavy atom. The molecule has 0 aromatic rings. The van der Waals surface area contributed by atoms with E-state index in [2.05, 4.69) is 39.0 Å². The van der Waals surface area contributed by atoms with Gasteiger partial charge in [0.1, 0.15) is 0 Å². The largest absolute Gasteiger partial charge is 0.0773 e. The van der Waals surface area contributed by atoms with Gasteiger partial charge in [-0.05, 0) is 18.3 Å². The van der Waals surface area contributed by atoms with E-state index in [1.165, 1.54) is 6.42 Å². The van der Waals surface area contributed by atoms with Crippen molar-refractivity contribution in [3.63, 3.8) is 0 Å². The van der Waals surface area contributed by atoms with Gasteiger partial charge < -0.3 is 0 Å². The van der Waals surface area contributed by atoms with Gasteiger partial charge in [-0.25, -0.2) is 0 Å². The number of hydrogen-bond acceptors (Lipinski definition) is 0. The van der Waals surface area contributed by atoms with Crippen molar-refractivity contribution in [2.75, 3.05) is 0 Å². The molecule has 0 aromatic heterocycles. The number of allylic oxidation sites excluding steroid dienone is 4. The standard InChI is InChI=1S/C10H16/c1-4-9-6-5-7-10(9)8(2)3/h5-9H,4H2,1-3H3. The van der Waals surface area contributed by atoms with Gasteiger partial charge in [0.25, 0.3) is 0 Å². The Morgan fingerprint density at radius 1 is 1.50 bits per heavy atom. The summed E-state index contributed by atoms with van der Waals surface area (Å²) in [6, 6.07) is 0. The molecule has 0 fully saturated rings. The zero-order valence-corrected chi connectivity index (χ0v) is 7.09. The van der Waals surface area contributed by atoms with Gasteiger partial charge in [-0.2, -0.15) is 0 Å². The molecule has 0 N–H and O–H groups in total. The Balaban J connectivity index is 2.62. The van der Waals surface area contributed by atoms with Crippen LogP contribution < -0.4 is 0 Å². The molecule has 0 saturated carbocycles. The van der Waals surface area contributed by atoms with E-state index in [1.807, 2.05) is 0 Å². The Morgan fingerprint density at radius 2 is 2.20 bits per heavy atom. The molecule has 1 atom stereocenters. The quantitative estimate of drug-likeness (QED) is 0.547. The van der Waals surface area contributed by atoms with E-state index in [4.69, 9.17) is 0 Å². The highest BCUT2D eigenvalue weighted by Crippen LogP contribution is 2.28. The van der Waals surface area contributed by atoms with Gasteiger partial charge in [0.05, 0.1) is 0 Å². The van der Waals surface area contributed by atoms with Crippen LogP contribution in [0.5, 0.6) is 0 Å². The smallest absolute Gasteiger partial charge is 0.00171 e. The minimum atomic E-state index is 0.722. The Bertz CT molecular complexity index is 161. The van der Waals surface area contributed by atoms with Crippen molar-refractivity contribution >= 4 is 0 Å². The fourth-order valence-corrected chi connectivity index (χ4v) is 1.53. The van der Waals surface area contributed by atoms with E-state index in [-0.39, 0.29) is 0 Å². The minimum absolute atomic E-state index is 0.722. The van der Waals surface area contributed by atoms with E-state index in [0.717, 1.165) is 11.8 Å². The second kappa shape index (κ2) is 3.05. The Labute approximate surface area is 63.6 Å². The predicted molar refractivity (Wildman–Crippen MR) is 45.8 cm³/mol. The lowest BCUT2D eigenvalue weighted by molar-refractivity contribution is 0.622. The van der Waals surface area contributed by atoms with Crippen LogP contribution in [0.3, 0.4) is 0 Å². The van der Waals surface area contributed by atoms with Crippen molar-refractivity contribution < 1.29 is 0 Å². The van der Waals surface area contributed by atoms with E-state index in [0.29, 0.717) is 0 Å². The lowest BCUT2D eigenvalue weighted by Gasteiger charge is -2.14. The number of hydrogen-bond donors (Lipinski definition) is 0. The van der Waals surface area contributed by atoms with E-state index in [1.54, 1.807) is 5.57 Å². The average Bonchev–Trinajstić information content (AvgIpc) is 2.33. The molecule has 1 unspecified atom stereocenters. The third kappa shape index (κ3) is 1.31. The molecular weight excluding hydrogens is 120 g/mol. The van der Waals surface area contributed by atoms with Gasteiger partial charge in [0, 0.05) is 0 Å². The van der Waals surface area contributed by atoms with Crippen molar-refractivity contribution in [2.45, 2.75) is 27.2 Å². The fraction of sp³-hybridized carbons (Fsp3) is 0.600. The monoisotopic (exact) mass is 136 g/mol. The zero-order chi connectivity index (χ0) is 7.56. The van der Waals surface area contributed by atoms with Crippen molar-refractivity contribution in [3.8, 4) is 0 Å². The molecule has 1 aliphatic rings. The first-order chi connectivity index (χ1) is 4.75. The lowest BCUT2D eigenvalue weighted by atomic mass is 9.91. The molecule has 0 spiro atoms.